The molecule has 3 aromatic rings. The second-order valence-electron chi connectivity index (χ2n) is 9.48. The van der Waals surface area contributed by atoms with E-state index in [1.165, 1.54) is 0 Å². The Morgan fingerprint density at radius 1 is 1.00 bits per heavy atom. The van der Waals surface area contributed by atoms with E-state index in [1.807, 2.05) is 60.4 Å². The third kappa shape index (κ3) is 6.71. The van der Waals surface area contributed by atoms with Gasteiger partial charge >= 0.3 is 0 Å². The van der Waals surface area contributed by atoms with Gasteiger partial charge in [-0.1, -0.05) is 50.2 Å². The number of amides is 2. The summed E-state index contributed by atoms with van der Waals surface area (Å²) in [5, 5.41) is 3.03. The average molecular weight is 477 g/mol. The number of carbonyl (C=O) groups is 2. The van der Waals surface area contributed by atoms with Crippen molar-refractivity contribution >= 4 is 22.8 Å². The summed E-state index contributed by atoms with van der Waals surface area (Å²) in [6.07, 6.45) is 3.70. The molecule has 0 saturated carbocycles. The maximum absolute atomic E-state index is 13.4. The number of nitrogens with one attached hydrogen (secondary N) is 1. The van der Waals surface area contributed by atoms with Crippen molar-refractivity contribution in [1.82, 2.24) is 19.8 Å². The maximum atomic E-state index is 13.4. The summed E-state index contributed by atoms with van der Waals surface area (Å²) in [5.74, 6) is 1.05. The van der Waals surface area contributed by atoms with Crippen molar-refractivity contribution < 1.29 is 9.59 Å². The van der Waals surface area contributed by atoms with Crippen molar-refractivity contribution in [3.63, 3.8) is 0 Å². The Bertz CT molecular complexity index is 1130. The highest BCUT2D eigenvalue weighted by molar-refractivity contribution is 5.81. The molecule has 0 bridgehead atoms. The van der Waals surface area contributed by atoms with Crippen molar-refractivity contribution in [3.05, 3.63) is 65.5 Å². The third-order valence-electron chi connectivity index (χ3n) is 6.96. The van der Waals surface area contributed by atoms with Gasteiger partial charge in [0.1, 0.15) is 12.4 Å². The van der Waals surface area contributed by atoms with Crippen LogP contribution in [-0.4, -0.2) is 44.9 Å². The highest BCUT2D eigenvalue weighted by atomic mass is 16.2. The van der Waals surface area contributed by atoms with Crippen LogP contribution >= 0.6 is 0 Å². The van der Waals surface area contributed by atoms with E-state index in [-0.39, 0.29) is 30.4 Å². The summed E-state index contributed by atoms with van der Waals surface area (Å²) in [6, 6.07) is 16.3. The minimum atomic E-state index is 0.0285. The standard InChI is InChI=1S/C29H40N4O2/c1-6-22(4)33(23(5)7-2)29(35)20-32-26-16-11-10-15-25(26)31-27(32)17-12-18-30-28(34)19-24-14-9-8-13-21(24)3/h8-11,13-16,22-23H,6-7,12,17-20H2,1-5H3,(H,30,34). The third-order valence-corrected chi connectivity index (χ3v) is 6.96. The molecule has 2 unspecified atom stereocenters. The zero-order valence-electron chi connectivity index (χ0n) is 21.9. The number of rotatable bonds is 12. The number of aryl methyl sites for hydroxylation is 2. The zero-order chi connectivity index (χ0) is 25.4. The molecule has 35 heavy (non-hydrogen) atoms. The lowest BCUT2D eigenvalue weighted by molar-refractivity contribution is -0.136. The summed E-state index contributed by atoms with van der Waals surface area (Å²) >= 11 is 0. The smallest absolute Gasteiger partial charge is 0.243 e. The van der Waals surface area contributed by atoms with Gasteiger partial charge in [-0.2, -0.15) is 0 Å². The molecular weight excluding hydrogens is 436 g/mol. The molecule has 2 atom stereocenters. The van der Waals surface area contributed by atoms with Gasteiger partial charge in [-0.05, 0) is 63.3 Å². The van der Waals surface area contributed by atoms with Gasteiger partial charge in [0.2, 0.25) is 11.8 Å². The van der Waals surface area contributed by atoms with Crippen molar-refractivity contribution in [2.75, 3.05) is 6.54 Å². The van der Waals surface area contributed by atoms with Crippen molar-refractivity contribution in [3.8, 4) is 0 Å². The number of fused-ring (bicyclic) bond motifs is 1. The molecule has 188 valence electrons. The number of aromatic nitrogens is 2. The molecule has 1 N–H and O–H groups in total. The first-order valence-electron chi connectivity index (χ1n) is 12.9. The van der Waals surface area contributed by atoms with E-state index in [1.54, 1.807) is 0 Å². The summed E-state index contributed by atoms with van der Waals surface area (Å²) in [5.41, 5.74) is 4.06. The topological polar surface area (TPSA) is 67.2 Å². The Kier molecular flexibility index (Phi) is 9.47. The molecule has 2 amide bonds. The largest absolute Gasteiger partial charge is 0.356 e. The minimum absolute atomic E-state index is 0.0285. The number of hydrogen-bond acceptors (Lipinski definition) is 3. The van der Waals surface area contributed by atoms with Crippen molar-refractivity contribution in [2.24, 2.45) is 0 Å². The van der Waals surface area contributed by atoms with Gasteiger partial charge in [-0.15, -0.1) is 0 Å². The molecule has 0 radical (unpaired) electrons. The van der Waals surface area contributed by atoms with Crippen LogP contribution < -0.4 is 5.32 Å². The molecule has 2 aromatic carbocycles. The Balaban J connectivity index is 1.67. The molecule has 6 nitrogen and oxygen atoms in total. The fourth-order valence-electron chi connectivity index (χ4n) is 4.55. The SMILES string of the molecule is CCC(C)N(C(=O)Cn1c(CCCNC(=O)Cc2ccccc2C)nc2ccccc21)C(C)CC. The lowest BCUT2D eigenvalue weighted by atomic mass is 10.1. The van der Waals surface area contributed by atoms with Gasteiger partial charge in [0.25, 0.3) is 0 Å². The van der Waals surface area contributed by atoms with Gasteiger partial charge in [0.15, 0.2) is 0 Å². The summed E-state index contributed by atoms with van der Waals surface area (Å²) < 4.78 is 2.06. The average Bonchev–Trinajstić information content (AvgIpc) is 3.20. The van der Waals surface area contributed by atoms with Gasteiger partial charge in [0, 0.05) is 25.0 Å². The predicted molar refractivity (Wildman–Crippen MR) is 142 cm³/mol. The van der Waals surface area contributed by atoms with E-state index in [2.05, 4.69) is 37.6 Å². The van der Waals surface area contributed by atoms with E-state index in [4.69, 9.17) is 4.98 Å². The molecule has 0 aliphatic carbocycles. The maximum Gasteiger partial charge on any atom is 0.243 e. The Morgan fingerprint density at radius 3 is 2.34 bits per heavy atom. The summed E-state index contributed by atoms with van der Waals surface area (Å²) in [4.78, 5) is 32.7. The van der Waals surface area contributed by atoms with E-state index >= 15 is 0 Å². The van der Waals surface area contributed by atoms with Crippen LogP contribution in [0, 0.1) is 6.92 Å². The van der Waals surface area contributed by atoms with Crippen LogP contribution in [0.2, 0.25) is 0 Å². The lowest BCUT2D eigenvalue weighted by Crippen LogP contribution is -2.45. The molecule has 0 aliphatic rings. The molecule has 3 rings (SSSR count). The Hall–Kier alpha value is -3.15. The van der Waals surface area contributed by atoms with Crippen LogP contribution in [0.4, 0.5) is 0 Å². The van der Waals surface area contributed by atoms with Crippen LogP contribution in [-0.2, 0) is 29.0 Å². The van der Waals surface area contributed by atoms with Crippen LogP contribution in [0.3, 0.4) is 0 Å². The number of para-hydroxylation sites is 2. The molecule has 0 spiro atoms. The van der Waals surface area contributed by atoms with Gasteiger partial charge in [-0.25, -0.2) is 4.98 Å². The van der Waals surface area contributed by atoms with Crippen LogP contribution in [0.5, 0.6) is 0 Å². The van der Waals surface area contributed by atoms with E-state index in [0.29, 0.717) is 19.4 Å². The second kappa shape index (κ2) is 12.5. The molecular formula is C29H40N4O2. The molecule has 1 heterocycles. The molecule has 0 aliphatic heterocycles. The highest BCUT2D eigenvalue weighted by Crippen LogP contribution is 2.20. The molecule has 1 aromatic heterocycles. The molecule has 6 heteroatoms. The quantitative estimate of drug-likeness (QED) is 0.372. The fourth-order valence-corrected chi connectivity index (χ4v) is 4.55. The van der Waals surface area contributed by atoms with Gasteiger partial charge in [-0.3, -0.25) is 9.59 Å². The lowest BCUT2D eigenvalue weighted by Gasteiger charge is -2.34. The zero-order valence-corrected chi connectivity index (χ0v) is 21.9. The fraction of sp³-hybridized carbons (Fsp3) is 0.483. The van der Waals surface area contributed by atoms with Crippen LogP contribution in [0.25, 0.3) is 11.0 Å². The first kappa shape index (κ1) is 26.5. The van der Waals surface area contributed by atoms with Crippen LogP contribution in [0.1, 0.15) is 63.9 Å². The molecule has 0 saturated heterocycles. The monoisotopic (exact) mass is 476 g/mol. The Morgan fingerprint density at radius 2 is 1.66 bits per heavy atom. The van der Waals surface area contributed by atoms with Crippen LogP contribution in [0.15, 0.2) is 48.5 Å². The minimum Gasteiger partial charge on any atom is -0.356 e. The molecule has 0 fully saturated rings. The summed E-state index contributed by atoms with van der Waals surface area (Å²) in [6.45, 7) is 11.4. The number of nitrogens with zero attached hydrogens (tertiary/aromatic N) is 3. The number of imidazole rings is 1. The first-order chi connectivity index (χ1) is 16.8. The second-order valence-corrected chi connectivity index (χ2v) is 9.48. The van der Waals surface area contributed by atoms with Crippen molar-refractivity contribution in [1.29, 1.82) is 0 Å². The Labute approximate surface area is 209 Å². The van der Waals surface area contributed by atoms with Crippen molar-refractivity contribution in [2.45, 2.75) is 85.4 Å². The summed E-state index contributed by atoms with van der Waals surface area (Å²) in [7, 11) is 0. The van der Waals surface area contributed by atoms with Gasteiger partial charge < -0.3 is 14.8 Å². The normalized spacial score (nSPS) is 12.9. The number of benzene rings is 2. The number of hydrogen-bond donors (Lipinski definition) is 1. The van der Waals surface area contributed by atoms with Gasteiger partial charge in [0.05, 0.1) is 17.5 Å². The predicted octanol–water partition coefficient (Wildman–Crippen LogP) is 5.06. The van der Waals surface area contributed by atoms with E-state index < -0.39 is 0 Å². The van der Waals surface area contributed by atoms with E-state index in [9.17, 15) is 9.59 Å². The number of carbonyl (C=O) groups excluding carboxylic acids is 2. The first-order valence-corrected chi connectivity index (χ1v) is 12.9. The highest BCUT2D eigenvalue weighted by Gasteiger charge is 2.25. The van der Waals surface area contributed by atoms with E-state index in [0.717, 1.165) is 47.2 Å².